The molecule has 126 valence electrons. The summed E-state index contributed by atoms with van der Waals surface area (Å²) in [5.74, 6) is 1.81. The van der Waals surface area contributed by atoms with E-state index in [0.717, 1.165) is 56.2 Å². The van der Waals surface area contributed by atoms with Gasteiger partial charge in [0.1, 0.15) is 0 Å². The Balaban J connectivity index is 1.37. The first-order chi connectivity index (χ1) is 11.8. The van der Waals surface area contributed by atoms with Crippen LogP contribution >= 0.6 is 11.3 Å². The predicted molar refractivity (Wildman–Crippen MR) is 92.7 cm³/mol. The monoisotopic (exact) mass is 344 g/mol. The maximum absolute atomic E-state index is 12.5. The van der Waals surface area contributed by atoms with Gasteiger partial charge in [0.15, 0.2) is 11.5 Å². The molecule has 1 fully saturated rings. The molecule has 2 aliphatic heterocycles. The lowest BCUT2D eigenvalue weighted by Crippen LogP contribution is -2.34. The Bertz CT molecular complexity index is 717. The van der Waals surface area contributed by atoms with E-state index in [9.17, 15) is 4.79 Å². The van der Waals surface area contributed by atoms with Crippen LogP contribution in [-0.4, -0.2) is 48.7 Å². The van der Waals surface area contributed by atoms with Crippen molar-refractivity contribution in [2.24, 2.45) is 0 Å². The second-order valence-corrected chi connectivity index (χ2v) is 6.90. The van der Waals surface area contributed by atoms with Crippen LogP contribution in [0.3, 0.4) is 0 Å². The van der Waals surface area contributed by atoms with Crippen molar-refractivity contribution in [3.05, 3.63) is 46.2 Å². The number of benzene rings is 1. The fourth-order valence-electron chi connectivity index (χ4n) is 3.20. The quantitative estimate of drug-likeness (QED) is 0.859. The normalized spacial score (nSPS) is 17.8. The molecule has 1 amide bonds. The fraction of sp³-hybridized carbons (Fsp3) is 0.389. The summed E-state index contributed by atoms with van der Waals surface area (Å²) in [6.45, 7) is 4.68. The molecular formula is C18H20N2O3S. The summed E-state index contributed by atoms with van der Waals surface area (Å²) in [4.78, 5) is 16.9. The molecule has 24 heavy (non-hydrogen) atoms. The van der Waals surface area contributed by atoms with Gasteiger partial charge in [-0.05, 0) is 35.6 Å². The number of hydrogen-bond donors (Lipinski definition) is 0. The van der Waals surface area contributed by atoms with Gasteiger partial charge in [-0.1, -0.05) is 6.07 Å². The zero-order valence-corrected chi connectivity index (χ0v) is 14.3. The summed E-state index contributed by atoms with van der Waals surface area (Å²) in [5, 5.41) is 3.88. The van der Waals surface area contributed by atoms with E-state index in [1.54, 1.807) is 11.3 Å². The molecule has 0 saturated carbocycles. The Morgan fingerprint density at radius 2 is 2.00 bits per heavy atom. The lowest BCUT2D eigenvalue weighted by atomic mass is 10.2. The van der Waals surface area contributed by atoms with E-state index in [0.29, 0.717) is 6.79 Å². The van der Waals surface area contributed by atoms with Crippen LogP contribution in [0.2, 0.25) is 0 Å². The van der Waals surface area contributed by atoms with Crippen molar-refractivity contribution >= 4 is 17.2 Å². The second kappa shape index (κ2) is 6.83. The first-order valence-electron chi connectivity index (χ1n) is 8.22. The van der Waals surface area contributed by atoms with Gasteiger partial charge in [-0.2, -0.15) is 11.3 Å². The van der Waals surface area contributed by atoms with Crippen molar-refractivity contribution in [3.63, 3.8) is 0 Å². The predicted octanol–water partition coefficient (Wildman–Crippen LogP) is 2.82. The molecule has 0 radical (unpaired) electrons. The third kappa shape index (κ3) is 3.25. The molecule has 6 heteroatoms. The molecule has 3 heterocycles. The minimum Gasteiger partial charge on any atom is -0.454 e. The molecule has 0 spiro atoms. The largest absolute Gasteiger partial charge is 0.454 e. The Morgan fingerprint density at radius 1 is 1.08 bits per heavy atom. The molecule has 0 unspecified atom stereocenters. The van der Waals surface area contributed by atoms with Crippen molar-refractivity contribution in [1.29, 1.82) is 0 Å². The second-order valence-electron chi connectivity index (χ2n) is 6.12. The summed E-state index contributed by atoms with van der Waals surface area (Å²) >= 11 is 1.57. The van der Waals surface area contributed by atoms with E-state index in [2.05, 4.69) is 17.0 Å². The molecule has 1 aromatic heterocycles. The third-order valence-electron chi connectivity index (χ3n) is 4.49. The molecule has 5 nitrogen and oxygen atoms in total. The number of amides is 1. The van der Waals surface area contributed by atoms with Gasteiger partial charge >= 0.3 is 0 Å². The van der Waals surface area contributed by atoms with Gasteiger partial charge < -0.3 is 14.4 Å². The molecule has 2 aliphatic rings. The molecule has 0 bridgehead atoms. The van der Waals surface area contributed by atoms with E-state index in [1.165, 1.54) is 5.56 Å². The van der Waals surface area contributed by atoms with Crippen LogP contribution in [-0.2, 0) is 6.54 Å². The number of carbonyl (C=O) groups is 1. The SMILES string of the molecule is O=C(c1ccsc1)N1CCCN(Cc2ccc3c(c2)OCO3)CC1. The van der Waals surface area contributed by atoms with Crippen LogP contribution in [0, 0.1) is 0 Å². The van der Waals surface area contributed by atoms with Gasteiger partial charge in [0.05, 0.1) is 5.56 Å². The Kier molecular flexibility index (Phi) is 4.40. The third-order valence-corrected chi connectivity index (χ3v) is 5.17. The van der Waals surface area contributed by atoms with Crippen LogP contribution in [0.15, 0.2) is 35.0 Å². The van der Waals surface area contributed by atoms with Crippen molar-refractivity contribution in [2.45, 2.75) is 13.0 Å². The Labute approximate surface area is 145 Å². The first kappa shape index (κ1) is 15.5. The minimum absolute atomic E-state index is 0.154. The molecule has 2 aromatic rings. The van der Waals surface area contributed by atoms with E-state index in [1.807, 2.05) is 27.8 Å². The number of hydrogen-bond acceptors (Lipinski definition) is 5. The van der Waals surface area contributed by atoms with E-state index >= 15 is 0 Å². The van der Waals surface area contributed by atoms with E-state index in [4.69, 9.17) is 9.47 Å². The average molecular weight is 344 g/mol. The summed E-state index contributed by atoms with van der Waals surface area (Å²) in [7, 11) is 0. The number of ether oxygens (including phenoxy) is 2. The zero-order chi connectivity index (χ0) is 16.4. The highest BCUT2D eigenvalue weighted by Crippen LogP contribution is 2.32. The summed E-state index contributed by atoms with van der Waals surface area (Å²) in [6.07, 6.45) is 1.00. The highest BCUT2D eigenvalue weighted by atomic mass is 32.1. The highest BCUT2D eigenvalue weighted by molar-refractivity contribution is 7.08. The van der Waals surface area contributed by atoms with Crippen LogP contribution in [0.1, 0.15) is 22.3 Å². The fourth-order valence-corrected chi connectivity index (χ4v) is 3.83. The molecule has 0 aliphatic carbocycles. The smallest absolute Gasteiger partial charge is 0.254 e. The molecule has 1 saturated heterocycles. The molecular weight excluding hydrogens is 324 g/mol. The Morgan fingerprint density at radius 3 is 2.88 bits per heavy atom. The summed E-state index contributed by atoms with van der Waals surface area (Å²) in [6, 6.07) is 8.03. The molecule has 4 rings (SSSR count). The maximum Gasteiger partial charge on any atom is 0.254 e. The summed E-state index contributed by atoms with van der Waals surface area (Å²) < 4.78 is 10.8. The van der Waals surface area contributed by atoms with E-state index < -0.39 is 0 Å². The van der Waals surface area contributed by atoms with Crippen LogP contribution in [0.5, 0.6) is 11.5 Å². The first-order valence-corrected chi connectivity index (χ1v) is 9.16. The van der Waals surface area contributed by atoms with Crippen molar-refractivity contribution in [1.82, 2.24) is 9.80 Å². The lowest BCUT2D eigenvalue weighted by Gasteiger charge is -2.22. The number of rotatable bonds is 3. The van der Waals surface area contributed by atoms with Gasteiger partial charge in [-0.3, -0.25) is 9.69 Å². The zero-order valence-electron chi connectivity index (χ0n) is 13.4. The van der Waals surface area contributed by atoms with Gasteiger partial charge in [-0.15, -0.1) is 0 Å². The Hall–Kier alpha value is -2.05. The standard InChI is InChI=1S/C18H20N2O3S/c21-18(15-4-9-24-12-15)20-6-1-5-19(7-8-20)11-14-2-3-16-17(10-14)23-13-22-16/h2-4,9-10,12H,1,5-8,11,13H2. The van der Waals surface area contributed by atoms with Gasteiger partial charge in [0.25, 0.3) is 5.91 Å². The van der Waals surface area contributed by atoms with Crippen LogP contribution in [0.25, 0.3) is 0 Å². The average Bonchev–Trinajstić information content (AvgIpc) is 3.23. The number of fused-ring (bicyclic) bond motifs is 1. The van der Waals surface area contributed by atoms with E-state index in [-0.39, 0.29) is 5.91 Å². The van der Waals surface area contributed by atoms with Crippen molar-refractivity contribution in [2.75, 3.05) is 33.0 Å². The van der Waals surface area contributed by atoms with Gasteiger partial charge in [-0.25, -0.2) is 0 Å². The van der Waals surface area contributed by atoms with Crippen molar-refractivity contribution < 1.29 is 14.3 Å². The number of carbonyl (C=O) groups excluding carboxylic acids is 1. The minimum atomic E-state index is 0.154. The topological polar surface area (TPSA) is 42.0 Å². The number of nitrogens with zero attached hydrogens (tertiary/aromatic N) is 2. The maximum atomic E-state index is 12.5. The van der Waals surface area contributed by atoms with Crippen LogP contribution in [0.4, 0.5) is 0 Å². The van der Waals surface area contributed by atoms with Crippen molar-refractivity contribution in [3.8, 4) is 11.5 Å². The van der Waals surface area contributed by atoms with Gasteiger partial charge in [0, 0.05) is 38.1 Å². The molecule has 0 atom stereocenters. The van der Waals surface area contributed by atoms with Crippen LogP contribution < -0.4 is 9.47 Å². The molecule has 0 N–H and O–H groups in total. The molecule has 1 aromatic carbocycles. The number of thiophene rings is 1. The summed E-state index contributed by atoms with van der Waals surface area (Å²) in [5.41, 5.74) is 2.03. The highest BCUT2D eigenvalue weighted by Gasteiger charge is 2.21. The lowest BCUT2D eigenvalue weighted by molar-refractivity contribution is 0.0761. The van der Waals surface area contributed by atoms with Gasteiger partial charge in [0.2, 0.25) is 6.79 Å².